The number of carbonyl (C=O) groups is 3. The molecule has 0 unspecified atom stereocenters. The first-order chi connectivity index (χ1) is 13.4. The molecule has 0 aromatic heterocycles. The van der Waals surface area contributed by atoms with E-state index in [9.17, 15) is 14.4 Å². The highest BCUT2D eigenvalue weighted by molar-refractivity contribution is 6.00. The Labute approximate surface area is 167 Å². The Balaban J connectivity index is 1.53. The van der Waals surface area contributed by atoms with Gasteiger partial charge in [0.2, 0.25) is 17.7 Å². The number of hydrogen-bond acceptors (Lipinski definition) is 3. The van der Waals surface area contributed by atoms with Gasteiger partial charge in [0.05, 0.1) is 5.92 Å². The molecule has 2 aliphatic heterocycles. The normalized spacial score (nSPS) is 21.7. The molecule has 2 saturated heterocycles. The van der Waals surface area contributed by atoms with Crippen LogP contribution in [0, 0.1) is 18.8 Å². The summed E-state index contributed by atoms with van der Waals surface area (Å²) < 4.78 is 0. The molecule has 1 N–H and O–H groups in total. The minimum atomic E-state index is -0.292. The lowest BCUT2D eigenvalue weighted by atomic mass is 9.94. The van der Waals surface area contributed by atoms with Gasteiger partial charge in [-0.2, -0.15) is 0 Å². The van der Waals surface area contributed by atoms with Crippen molar-refractivity contribution >= 4 is 23.4 Å². The maximum absolute atomic E-state index is 12.9. The second-order valence-corrected chi connectivity index (χ2v) is 8.16. The lowest BCUT2D eigenvalue weighted by Crippen LogP contribution is -2.46. The van der Waals surface area contributed by atoms with Crippen LogP contribution < -0.4 is 10.2 Å². The molecule has 0 bridgehead atoms. The molecule has 3 amide bonds. The maximum Gasteiger partial charge on any atom is 0.228 e. The molecule has 0 spiro atoms. The van der Waals surface area contributed by atoms with Gasteiger partial charge in [0.1, 0.15) is 0 Å². The average Bonchev–Trinajstić information content (AvgIpc) is 3.09. The van der Waals surface area contributed by atoms with Gasteiger partial charge in [-0.3, -0.25) is 14.4 Å². The molecule has 1 aromatic carbocycles. The van der Waals surface area contributed by atoms with E-state index in [-0.39, 0.29) is 42.0 Å². The van der Waals surface area contributed by atoms with Crippen LogP contribution in [0.15, 0.2) is 24.3 Å². The van der Waals surface area contributed by atoms with E-state index in [0.29, 0.717) is 32.5 Å². The molecular weight excluding hydrogens is 354 g/mol. The SMILES string of the molecule is CC[C@@H](C)NC(=O)C1CCN(C(=O)[C@H]2CC(=O)N(c3ccc(C)cc3)C2)CC1. The fraction of sp³-hybridized carbons (Fsp3) is 0.591. The first-order valence-electron chi connectivity index (χ1n) is 10.3. The Hall–Kier alpha value is -2.37. The zero-order chi connectivity index (χ0) is 20.3. The predicted octanol–water partition coefficient (Wildman–Crippen LogP) is 2.50. The molecule has 28 heavy (non-hydrogen) atoms. The van der Waals surface area contributed by atoms with Crippen LogP contribution in [0.4, 0.5) is 5.69 Å². The summed E-state index contributed by atoms with van der Waals surface area (Å²) in [6.45, 7) is 7.69. The van der Waals surface area contributed by atoms with Crippen molar-refractivity contribution in [1.29, 1.82) is 0 Å². The maximum atomic E-state index is 12.9. The third kappa shape index (κ3) is 4.54. The molecule has 2 aliphatic rings. The van der Waals surface area contributed by atoms with Crippen LogP contribution in [0.5, 0.6) is 0 Å². The highest BCUT2D eigenvalue weighted by Gasteiger charge is 2.38. The molecule has 152 valence electrons. The van der Waals surface area contributed by atoms with E-state index in [1.807, 2.05) is 43.0 Å². The Morgan fingerprint density at radius 3 is 2.39 bits per heavy atom. The van der Waals surface area contributed by atoms with E-state index >= 15 is 0 Å². The van der Waals surface area contributed by atoms with Gasteiger partial charge in [0.15, 0.2) is 0 Å². The van der Waals surface area contributed by atoms with E-state index in [0.717, 1.165) is 17.7 Å². The highest BCUT2D eigenvalue weighted by Crippen LogP contribution is 2.28. The van der Waals surface area contributed by atoms with Crippen LogP contribution in [0.2, 0.25) is 0 Å². The smallest absolute Gasteiger partial charge is 0.228 e. The van der Waals surface area contributed by atoms with Gasteiger partial charge in [0, 0.05) is 43.7 Å². The molecule has 6 nitrogen and oxygen atoms in total. The molecule has 6 heteroatoms. The molecule has 2 fully saturated rings. The van der Waals surface area contributed by atoms with Crippen molar-refractivity contribution in [3.63, 3.8) is 0 Å². The van der Waals surface area contributed by atoms with Crippen molar-refractivity contribution < 1.29 is 14.4 Å². The summed E-state index contributed by atoms with van der Waals surface area (Å²) in [4.78, 5) is 41.2. The number of nitrogens with zero attached hydrogens (tertiary/aromatic N) is 2. The minimum Gasteiger partial charge on any atom is -0.353 e. The van der Waals surface area contributed by atoms with Crippen molar-refractivity contribution in [3.05, 3.63) is 29.8 Å². The number of amides is 3. The van der Waals surface area contributed by atoms with Gasteiger partial charge in [-0.1, -0.05) is 24.6 Å². The summed E-state index contributed by atoms with van der Waals surface area (Å²) in [6, 6.07) is 8.01. The molecule has 2 heterocycles. The summed E-state index contributed by atoms with van der Waals surface area (Å²) >= 11 is 0. The van der Waals surface area contributed by atoms with E-state index < -0.39 is 0 Å². The third-order valence-corrected chi connectivity index (χ3v) is 6.00. The number of anilines is 1. The molecule has 0 saturated carbocycles. The number of nitrogens with one attached hydrogen (secondary N) is 1. The second kappa shape index (κ2) is 8.76. The average molecular weight is 386 g/mol. The zero-order valence-corrected chi connectivity index (χ0v) is 17.1. The number of likely N-dealkylation sites (tertiary alicyclic amines) is 1. The molecule has 1 aromatic rings. The number of hydrogen-bond donors (Lipinski definition) is 1. The summed E-state index contributed by atoms with van der Waals surface area (Å²) in [7, 11) is 0. The Morgan fingerprint density at radius 2 is 1.79 bits per heavy atom. The number of rotatable bonds is 5. The lowest BCUT2D eigenvalue weighted by Gasteiger charge is -2.33. The fourth-order valence-electron chi connectivity index (χ4n) is 3.93. The summed E-state index contributed by atoms with van der Waals surface area (Å²) in [6.07, 6.45) is 2.56. The predicted molar refractivity (Wildman–Crippen MR) is 109 cm³/mol. The van der Waals surface area contributed by atoms with Crippen molar-refractivity contribution in [1.82, 2.24) is 10.2 Å². The summed E-state index contributed by atoms with van der Waals surface area (Å²) in [5.74, 6) is -0.164. The van der Waals surface area contributed by atoms with Crippen molar-refractivity contribution in [2.24, 2.45) is 11.8 Å². The molecule has 0 aliphatic carbocycles. The third-order valence-electron chi connectivity index (χ3n) is 6.00. The lowest BCUT2D eigenvalue weighted by molar-refractivity contribution is -0.139. The minimum absolute atomic E-state index is 0.00465. The van der Waals surface area contributed by atoms with Gasteiger partial charge < -0.3 is 15.1 Å². The Morgan fingerprint density at radius 1 is 1.14 bits per heavy atom. The van der Waals surface area contributed by atoms with Crippen LogP contribution >= 0.6 is 0 Å². The standard InChI is InChI=1S/C22H31N3O3/c1-4-16(3)23-21(27)17-9-11-24(12-10-17)22(28)18-13-20(26)25(14-18)19-7-5-15(2)6-8-19/h5-8,16-18H,4,9-14H2,1-3H3,(H,23,27)/t16-,18+/m1/s1. The van der Waals surface area contributed by atoms with Crippen LogP contribution in [0.1, 0.15) is 45.1 Å². The van der Waals surface area contributed by atoms with Crippen LogP contribution in [-0.2, 0) is 14.4 Å². The first-order valence-corrected chi connectivity index (χ1v) is 10.3. The van der Waals surface area contributed by atoms with Gasteiger partial charge in [0.25, 0.3) is 0 Å². The fourth-order valence-corrected chi connectivity index (χ4v) is 3.93. The van der Waals surface area contributed by atoms with E-state index in [1.54, 1.807) is 4.90 Å². The molecule has 0 radical (unpaired) electrons. The monoisotopic (exact) mass is 385 g/mol. The number of piperidine rings is 1. The summed E-state index contributed by atoms with van der Waals surface area (Å²) in [5.41, 5.74) is 1.99. The van der Waals surface area contributed by atoms with E-state index in [2.05, 4.69) is 12.2 Å². The van der Waals surface area contributed by atoms with E-state index in [1.165, 1.54) is 0 Å². The zero-order valence-electron chi connectivity index (χ0n) is 17.1. The Bertz CT molecular complexity index is 723. The van der Waals surface area contributed by atoms with Gasteiger partial charge in [-0.05, 0) is 45.2 Å². The van der Waals surface area contributed by atoms with Crippen LogP contribution in [0.25, 0.3) is 0 Å². The second-order valence-electron chi connectivity index (χ2n) is 8.16. The summed E-state index contributed by atoms with van der Waals surface area (Å²) in [5, 5.41) is 3.04. The Kier molecular flexibility index (Phi) is 6.37. The van der Waals surface area contributed by atoms with Crippen LogP contribution in [0.3, 0.4) is 0 Å². The van der Waals surface area contributed by atoms with Crippen LogP contribution in [-0.4, -0.2) is 48.3 Å². The number of benzene rings is 1. The molecule has 3 rings (SSSR count). The van der Waals surface area contributed by atoms with E-state index in [4.69, 9.17) is 0 Å². The van der Waals surface area contributed by atoms with Gasteiger partial charge >= 0.3 is 0 Å². The number of carbonyl (C=O) groups excluding carboxylic acids is 3. The highest BCUT2D eigenvalue weighted by atomic mass is 16.2. The molecule has 2 atom stereocenters. The van der Waals surface area contributed by atoms with Gasteiger partial charge in [-0.25, -0.2) is 0 Å². The topological polar surface area (TPSA) is 69.7 Å². The van der Waals surface area contributed by atoms with Gasteiger partial charge in [-0.15, -0.1) is 0 Å². The van der Waals surface area contributed by atoms with Crippen molar-refractivity contribution in [2.75, 3.05) is 24.5 Å². The largest absolute Gasteiger partial charge is 0.353 e. The quantitative estimate of drug-likeness (QED) is 0.847. The van der Waals surface area contributed by atoms with Crippen molar-refractivity contribution in [3.8, 4) is 0 Å². The first kappa shape index (κ1) is 20.4. The van der Waals surface area contributed by atoms with Crippen molar-refractivity contribution in [2.45, 2.75) is 52.5 Å². The molecular formula is C22H31N3O3. The number of aryl methyl sites for hydroxylation is 1.